The summed E-state index contributed by atoms with van der Waals surface area (Å²) in [5, 5.41) is 4.39. The highest BCUT2D eigenvalue weighted by Crippen LogP contribution is 2.48. The molecule has 5 heteroatoms. The van der Waals surface area contributed by atoms with Crippen LogP contribution in [0.3, 0.4) is 0 Å². The Morgan fingerprint density at radius 3 is 2.61 bits per heavy atom. The van der Waals surface area contributed by atoms with Crippen LogP contribution in [0.4, 0.5) is 5.13 Å². The fraction of sp³-hybridized carbons (Fsp3) is 0.846. The fourth-order valence-electron chi connectivity index (χ4n) is 1.87. The summed E-state index contributed by atoms with van der Waals surface area (Å²) in [5.41, 5.74) is 0.479. The van der Waals surface area contributed by atoms with Gasteiger partial charge in [-0.15, -0.1) is 0 Å². The summed E-state index contributed by atoms with van der Waals surface area (Å²) in [4.78, 5) is 4.56. The molecule has 18 heavy (non-hydrogen) atoms. The van der Waals surface area contributed by atoms with Crippen molar-refractivity contribution in [2.24, 2.45) is 5.41 Å². The van der Waals surface area contributed by atoms with Gasteiger partial charge >= 0.3 is 0 Å². The van der Waals surface area contributed by atoms with E-state index < -0.39 is 0 Å². The van der Waals surface area contributed by atoms with Crippen LogP contribution >= 0.6 is 11.5 Å². The van der Waals surface area contributed by atoms with Gasteiger partial charge in [0.1, 0.15) is 5.82 Å². The standard InChI is InChI=1S/C13H23N3OS/c1-12(2,3)10-15-11(18-16-10)14-9-13(5-6-13)7-8-17-4/h5-9H2,1-4H3,(H,14,15,16). The molecule has 0 amide bonds. The van der Waals surface area contributed by atoms with Crippen molar-refractivity contribution in [1.29, 1.82) is 0 Å². The summed E-state index contributed by atoms with van der Waals surface area (Å²) in [5.74, 6) is 0.928. The van der Waals surface area contributed by atoms with Crippen LogP contribution in [0.5, 0.6) is 0 Å². The van der Waals surface area contributed by atoms with Crippen molar-refractivity contribution in [3.63, 3.8) is 0 Å². The fourth-order valence-corrected chi connectivity index (χ4v) is 2.63. The largest absolute Gasteiger partial charge is 0.385 e. The van der Waals surface area contributed by atoms with Gasteiger partial charge in [-0.1, -0.05) is 20.8 Å². The van der Waals surface area contributed by atoms with Crippen LogP contribution in [0, 0.1) is 5.41 Å². The van der Waals surface area contributed by atoms with E-state index in [0.29, 0.717) is 5.41 Å². The molecule has 0 atom stereocenters. The SMILES string of the molecule is COCCC1(CNc2nc(C(C)(C)C)ns2)CC1. The van der Waals surface area contributed by atoms with Gasteiger partial charge in [0, 0.05) is 37.2 Å². The molecule has 1 aliphatic rings. The number of nitrogens with zero attached hydrogens (tertiary/aromatic N) is 2. The highest BCUT2D eigenvalue weighted by atomic mass is 32.1. The molecule has 0 saturated heterocycles. The first kappa shape index (κ1) is 13.7. The zero-order valence-electron chi connectivity index (χ0n) is 11.7. The average molecular weight is 269 g/mol. The Morgan fingerprint density at radius 2 is 2.11 bits per heavy atom. The number of hydrogen-bond donors (Lipinski definition) is 1. The predicted octanol–water partition coefficient (Wildman–Crippen LogP) is 3.06. The Labute approximate surface area is 113 Å². The first-order chi connectivity index (χ1) is 8.45. The average Bonchev–Trinajstić information content (AvgIpc) is 2.89. The molecule has 1 N–H and O–H groups in total. The van der Waals surface area contributed by atoms with E-state index in [0.717, 1.165) is 30.5 Å². The van der Waals surface area contributed by atoms with Crippen molar-refractivity contribution < 1.29 is 4.74 Å². The van der Waals surface area contributed by atoms with E-state index in [2.05, 4.69) is 35.4 Å². The maximum atomic E-state index is 5.17. The lowest BCUT2D eigenvalue weighted by atomic mass is 9.96. The van der Waals surface area contributed by atoms with Crippen molar-refractivity contribution >= 4 is 16.7 Å². The van der Waals surface area contributed by atoms with Crippen LogP contribution in [0.25, 0.3) is 0 Å². The number of anilines is 1. The lowest BCUT2D eigenvalue weighted by molar-refractivity contribution is 0.175. The van der Waals surface area contributed by atoms with Crippen LogP contribution in [0.15, 0.2) is 0 Å². The van der Waals surface area contributed by atoms with E-state index >= 15 is 0 Å². The minimum Gasteiger partial charge on any atom is -0.385 e. The molecule has 1 fully saturated rings. The van der Waals surface area contributed by atoms with Gasteiger partial charge in [0.2, 0.25) is 5.13 Å². The molecule has 1 heterocycles. The molecular weight excluding hydrogens is 246 g/mol. The van der Waals surface area contributed by atoms with Crippen LogP contribution in [-0.4, -0.2) is 29.6 Å². The number of aromatic nitrogens is 2. The van der Waals surface area contributed by atoms with E-state index in [4.69, 9.17) is 4.74 Å². The molecule has 0 unspecified atom stereocenters. The summed E-state index contributed by atoms with van der Waals surface area (Å²) in [6, 6.07) is 0. The third-order valence-corrected chi connectivity index (χ3v) is 4.18. The zero-order chi connectivity index (χ0) is 13.2. The number of ether oxygens (including phenoxy) is 1. The smallest absolute Gasteiger partial charge is 0.202 e. The number of rotatable bonds is 6. The van der Waals surface area contributed by atoms with Gasteiger partial charge < -0.3 is 10.1 Å². The van der Waals surface area contributed by atoms with Gasteiger partial charge in [-0.3, -0.25) is 0 Å². The lowest BCUT2D eigenvalue weighted by Crippen LogP contribution is -2.18. The summed E-state index contributed by atoms with van der Waals surface area (Å²) in [7, 11) is 1.77. The lowest BCUT2D eigenvalue weighted by Gasteiger charge is -2.15. The molecule has 1 aromatic heterocycles. The quantitative estimate of drug-likeness (QED) is 0.862. The minimum atomic E-state index is 0.0315. The highest BCUT2D eigenvalue weighted by molar-refractivity contribution is 7.09. The summed E-state index contributed by atoms with van der Waals surface area (Å²) < 4.78 is 9.58. The second-order valence-corrected chi connectivity index (χ2v) is 7.02. The highest BCUT2D eigenvalue weighted by Gasteiger charge is 2.41. The Kier molecular flexibility index (Phi) is 3.92. The monoisotopic (exact) mass is 269 g/mol. The predicted molar refractivity (Wildman–Crippen MR) is 75.3 cm³/mol. The Bertz CT molecular complexity index is 393. The number of nitrogens with one attached hydrogen (secondary N) is 1. The van der Waals surface area contributed by atoms with Gasteiger partial charge in [-0.2, -0.15) is 4.37 Å². The van der Waals surface area contributed by atoms with E-state index in [1.54, 1.807) is 7.11 Å². The first-order valence-electron chi connectivity index (χ1n) is 6.52. The van der Waals surface area contributed by atoms with E-state index in [1.807, 2.05) is 0 Å². The Balaban J connectivity index is 1.85. The van der Waals surface area contributed by atoms with Crippen LogP contribution in [0.2, 0.25) is 0 Å². The van der Waals surface area contributed by atoms with E-state index in [9.17, 15) is 0 Å². The molecule has 2 rings (SSSR count). The van der Waals surface area contributed by atoms with Gasteiger partial charge in [0.25, 0.3) is 0 Å². The molecule has 1 aromatic rings. The van der Waals surface area contributed by atoms with Crippen molar-refractivity contribution in [2.75, 3.05) is 25.6 Å². The van der Waals surface area contributed by atoms with Crippen LogP contribution in [-0.2, 0) is 10.2 Å². The third kappa shape index (κ3) is 3.42. The summed E-state index contributed by atoms with van der Waals surface area (Å²) in [6.45, 7) is 8.26. The molecule has 1 saturated carbocycles. The minimum absolute atomic E-state index is 0.0315. The van der Waals surface area contributed by atoms with Crippen molar-refractivity contribution in [2.45, 2.75) is 45.4 Å². The van der Waals surface area contributed by atoms with Crippen molar-refractivity contribution in [3.05, 3.63) is 5.82 Å². The Hall–Kier alpha value is -0.680. The summed E-state index contributed by atoms with van der Waals surface area (Å²) >= 11 is 1.47. The van der Waals surface area contributed by atoms with Crippen LogP contribution < -0.4 is 5.32 Å². The zero-order valence-corrected chi connectivity index (χ0v) is 12.6. The number of hydrogen-bond acceptors (Lipinski definition) is 5. The van der Waals surface area contributed by atoms with Gasteiger partial charge in [-0.25, -0.2) is 4.98 Å². The van der Waals surface area contributed by atoms with Gasteiger partial charge in [0.15, 0.2) is 0 Å². The Morgan fingerprint density at radius 1 is 1.39 bits per heavy atom. The maximum absolute atomic E-state index is 5.17. The maximum Gasteiger partial charge on any atom is 0.202 e. The first-order valence-corrected chi connectivity index (χ1v) is 7.30. The molecule has 0 aromatic carbocycles. The number of methoxy groups -OCH3 is 1. The van der Waals surface area contributed by atoms with Crippen LogP contribution in [0.1, 0.15) is 45.9 Å². The molecule has 0 aliphatic heterocycles. The van der Waals surface area contributed by atoms with Gasteiger partial charge in [0.05, 0.1) is 0 Å². The molecular formula is C13H23N3OS. The molecule has 1 aliphatic carbocycles. The van der Waals surface area contributed by atoms with E-state index in [-0.39, 0.29) is 5.41 Å². The molecule has 0 spiro atoms. The normalized spacial score (nSPS) is 17.8. The van der Waals surface area contributed by atoms with E-state index in [1.165, 1.54) is 24.4 Å². The topological polar surface area (TPSA) is 47.0 Å². The molecule has 0 radical (unpaired) electrons. The molecule has 102 valence electrons. The van der Waals surface area contributed by atoms with Crippen molar-refractivity contribution in [1.82, 2.24) is 9.36 Å². The third-order valence-electron chi connectivity index (χ3n) is 3.51. The summed E-state index contributed by atoms with van der Waals surface area (Å²) in [6.07, 6.45) is 3.74. The molecule has 4 nitrogen and oxygen atoms in total. The van der Waals surface area contributed by atoms with Gasteiger partial charge in [-0.05, 0) is 24.7 Å². The molecule has 0 bridgehead atoms. The second kappa shape index (κ2) is 5.13. The second-order valence-electron chi connectivity index (χ2n) is 6.27. The van der Waals surface area contributed by atoms with Crippen molar-refractivity contribution in [3.8, 4) is 0 Å².